The van der Waals surface area contributed by atoms with Crippen molar-refractivity contribution >= 4 is 40.0 Å². The minimum absolute atomic E-state index is 0.0988. The summed E-state index contributed by atoms with van der Waals surface area (Å²) in [5.74, 6) is 0.208. The molecule has 1 aromatic heterocycles. The number of carbonyl (C=O) groups excluding carboxylic acids is 1. The highest BCUT2D eigenvalue weighted by Crippen LogP contribution is 2.29. The Bertz CT molecular complexity index is 435. The van der Waals surface area contributed by atoms with Crippen LogP contribution in [0.1, 0.15) is 28.9 Å². The highest BCUT2D eigenvalue weighted by molar-refractivity contribution is 7.99. The van der Waals surface area contributed by atoms with E-state index in [2.05, 4.69) is 21.9 Å². The van der Waals surface area contributed by atoms with Gasteiger partial charge in [0, 0.05) is 18.3 Å². The molecule has 100 valence electrons. The first-order valence-electron chi connectivity index (χ1n) is 5.91. The number of hydrogen-bond donors (Lipinski definition) is 3. The molecule has 1 aromatic rings. The number of anilines is 2. The smallest absolute Gasteiger partial charge is 0.265 e. The van der Waals surface area contributed by atoms with Crippen molar-refractivity contribution in [3.8, 4) is 0 Å². The predicted octanol–water partition coefficient (Wildman–Crippen LogP) is 1.78. The molecule has 1 amide bonds. The van der Waals surface area contributed by atoms with E-state index in [9.17, 15) is 4.79 Å². The van der Waals surface area contributed by atoms with Crippen LogP contribution < -0.4 is 16.4 Å². The van der Waals surface area contributed by atoms with Crippen LogP contribution >= 0.6 is 23.1 Å². The number of thiazole rings is 1. The summed E-state index contributed by atoms with van der Waals surface area (Å²) in [6, 6.07) is 0.273. The van der Waals surface area contributed by atoms with E-state index in [0.29, 0.717) is 21.1 Å². The fourth-order valence-corrected chi connectivity index (χ4v) is 3.68. The number of carbonyl (C=O) groups is 1. The number of hydrogen-bond acceptors (Lipinski definition) is 6. The highest BCUT2D eigenvalue weighted by atomic mass is 32.2. The second-order valence-electron chi connectivity index (χ2n) is 4.32. The highest BCUT2D eigenvalue weighted by Gasteiger charge is 2.26. The lowest BCUT2D eigenvalue weighted by atomic mass is 10.2. The third kappa shape index (κ3) is 2.89. The number of nitrogens with one attached hydrogen (secondary N) is 2. The fraction of sp³-hybridized carbons (Fsp3) is 0.636. The number of nitrogens with two attached hydrogens (primary N) is 1. The first kappa shape index (κ1) is 13.5. The molecular formula is C11H18N4OS2. The topological polar surface area (TPSA) is 80.0 Å². The number of rotatable bonds is 4. The lowest BCUT2D eigenvalue weighted by Gasteiger charge is -2.11. The minimum atomic E-state index is -0.0988. The molecule has 1 heterocycles. The summed E-state index contributed by atoms with van der Waals surface area (Å²) >= 11 is 3.17. The molecule has 0 spiro atoms. The van der Waals surface area contributed by atoms with Gasteiger partial charge in [0.25, 0.3) is 5.91 Å². The Morgan fingerprint density at radius 1 is 1.56 bits per heavy atom. The van der Waals surface area contributed by atoms with Gasteiger partial charge in [-0.2, -0.15) is 11.8 Å². The van der Waals surface area contributed by atoms with Gasteiger partial charge in [-0.05, 0) is 25.5 Å². The molecule has 0 bridgehead atoms. The zero-order valence-electron chi connectivity index (χ0n) is 10.5. The monoisotopic (exact) mass is 286 g/mol. The molecule has 0 aromatic carbocycles. The average molecular weight is 286 g/mol. The summed E-state index contributed by atoms with van der Waals surface area (Å²) in [7, 11) is 1.76. The minimum Gasteiger partial charge on any atom is -0.382 e. The molecule has 0 saturated heterocycles. The first-order chi connectivity index (χ1) is 8.63. The van der Waals surface area contributed by atoms with Gasteiger partial charge in [0.15, 0.2) is 5.13 Å². The summed E-state index contributed by atoms with van der Waals surface area (Å²) in [6.07, 6.45) is 5.39. The van der Waals surface area contributed by atoms with E-state index in [1.807, 2.05) is 11.8 Å². The average Bonchev–Trinajstić information content (AvgIpc) is 2.95. The predicted molar refractivity (Wildman–Crippen MR) is 78.5 cm³/mol. The summed E-state index contributed by atoms with van der Waals surface area (Å²) in [5, 5.41) is 7.29. The van der Waals surface area contributed by atoms with E-state index in [1.54, 1.807) is 7.05 Å². The standard InChI is InChI=1S/C11H18N4OS2/c1-13-11-15-9(12)8(18-11)10(16)14-6-3-4-7(5-6)17-2/h6-7H,3-5,12H2,1-2H3,(H,13,15)(H,14,16). The number of thioether (sulfide) groups is 1. The van der Waals surface area contributed by atoms with Crippen molar-refractivity contribution in [2.24, 2.45) is 0 Å². The van der Waals surface area contributed by atoms with Gasteiger partial charge in [0.1, 0.15) is 10.7 Å². The van der Waals surface area contributed by atoms with Gasteiger partial charge >= 0.3 is 0 Å². The first-order valence-corrected chi connectivity index (χ1v) is 8.02. The molecule has 7 heteroatoms. The van der Waals surface area contributed by atoms with Gasteiger partial charge in [-0.1, -0.05) is 11.3 Å². The molecule has 5 nitrogen and oxygen atoms in total. The van der Waals surface area contributed by atoms with Gasteiger partial charge < -0.3 is 16.4 Å². The van der Waals surface area contributed by atoms with Crippen LogP contribution in [0.3, 0.4) is 0 Å². The molecule has 1 aliphatic rings. The van der Waals surface area contributed by atoms with Crippen LogP contribution in [-0.2, 0) is 0 Å². The van der Waals surface area contributed by atoms with Crippen molar-refractivity contribution in [3.05, 3.63) is 4.88 Å². The third-order valence-electron chi connectivity index (χ3n) is 3.13. The van der Waals surface area contributed by atoms with Gasteiger partial charge in [0.05, 0.1) is 0 Å². The van der Waals surface area contributed by atoms with Gasteiger partial charge in [-0.3, -0.25) is 4.79 Å². The molecule has 2 rings (SSSR count). The van der Waals surface area contributed by atoms with E-state index in [1.165, 1.54) is 17.8 Å². The Balaban J connectivity index is 1.97. The van der Waals surface area contributed by atoms with Crippen molar-refractivity contribution < 1.29 is 4.79 Å². The van der Waals surface area contributed by atoms with E-state index < -0.39 is 0 Å². The zero-order valence-corrected chi connectivity index (χ0v) is 12.2. The van der Waals surface area contributed by atoms with Crippen molar-refractivity contribution in [2.45, 2.75) is 30.6 Å². The summed E-state index contributed by atoms with van der Waals surface area (Å²) in [5.41, 5.74) is 5.74. The lowest BCUT2D eigenvalue weighted by Crippen LogP contribution is -2.33. The van der Waals surface area contributed by atoms with Gasteiger partial charge in [0.2, 0.25) is 0 Å². The molecule has 4 N–H and O–H groups in total. The molecule has 1 fully saturated rings. The Morgan fingerprint density at radius 3 is 2.89 bits per heavy atom. The Kier molecular flexibility index (Phi) is 4.34. The van der Waals surface area contributed by atoms with E-state index >= 15 is 0 Å². The van der Waals surface area contributed by atoms with Crippen LogP contribution in [0, 0.1) is 0 Å². The van der Waals surface area contributed by atoms with Crippen LogP contribution in [0.4, 0.5) is 10.9 Å². The van der Waals surface area contributed by atoms with E-state index in [0.717, 1.165) is 12.8 Å². The maximum atomic E-state index is 12.1. The normalized spacial score (nSPS) is 23.0. The zero-order chi connectivity index (χ0) is 13.1. The molecule has 2 unspecified atom stereocenters. The van der Waals surface area contributed by atoms with E-state index in [-0.39, 0.29) is 11.9 Å². The Morgan fingerprint density at radius 2 is 2.33 bits per heavy atom. The fourth-order valence-electron chi connectivity index (χ4n) is 2.14. The second kappa shape index (κ2) is 5.79. The molecular weight excluding hydrogens is 268 g/mol. The number of nitrogen functional groups attached to an aromatic ring is 1. The van der Waals surface area contributed by atoms with Crippen molar-refractivity contribution in [3.63, 3.8) is 0 Å². The Hall–Kier alpha value is -0.950. The summed E-state index contributed by atoms with van der Waals surface area (Å²) in [6.45, 7) is 0. The summed E-state index contributed by atoms with van der Waals surface area (Å²) in [4.78, 5) is 16.7. The van der Waals surface area contributed by atoms with E-state index in [4.69, 9.17) is 5.73 Å². The quantitative estimate of drug-likeness (QED) is 0.786. The van der Waals surface area contributed by atoms with Crippen LogP contribution in [-0.4, -0.2) is 35.5 Å². The Labute approximate surface area is 115 Å². The largest absolute Gasteiger partial charge is 0.382 e. The number of aromatic nitrogens is 1. The molecule has 1 aliphatic carbocycles. The number of nitrogens with zero attached hydrogens (tertiary/aromatic N) is 1. The third-order valence-corrected chi connectivity index (χ3v) is 5.31. The van der Waals surface area contributed by atoms with Crippen LogP contribution in [0.5, 0.6) is 0 Å². The SMILES string of the molecule is CNc1nc(N)c(C(=O)NC2CCC(SC)C2)s1. The molecule has 2 atom stereocenters. The molecule has 0 aliphatic heterocycles. The summed E-state index contributed by atoms with van der Waals surface area (Å²) < 4.78 is 0. The van der Waals surface area contributed by atoms with Gasteiger partial charge in [-0.25, -0.2) is 4.98 Å². The van der Waals surface area contributed by atoms with Crippen molar-refractivity contribution in [1.82, 2.24) is 10.3 Å². The number of amides is 1. The van der Waals surface area contributed by atoms with Crippen molar-refractivity contribution in [1.29, 1.82) is 0 Å². The molecule has 18 heavy (non-hydrogen) atoms. The van der Waals surface area contributed by atoms with Crippen LogP contribution in [0.15, 0.2) is 0 Å². The molecule has 1 saturated carbocycles. The molecule has 0 radical (unpaired) electrons. The maximum Gasteiger partial charge on any atom is 0.265 e. The second-order valence-corrected chi connectivity index (χ2v) is 6.46. The van der Waals surface area contributed by atoms with Gasteiger partial charge in [-0.15, -0.1) is 0 Å². The van der Waals surface area contributed by atoms with Crippen LogP contribution in [0.25, 0.3) is 0 Å². The lowest BCUT2D eigenvalue weighted by molar-refractivity contribution is 0.0943. The van der Waals surface area contributed by atoms with Crippen LogP contribution in [0.2, 0.25) is 0 Å². The van der Waals surface area contributed by atoms with Crippen molar-refractivity contribution in [2.75, 3.05) is 24.4 Å². The maximum absolute atomic E-state index is 12.1.